The Morgan fingerprint density at radius 1 is 1.03 bits per heavy atom. The summed E-state index contributed by atoms with van der Waals surface area (Å²) in [5.41, 5.74) is 9.31. The Labute approximate surface area is 197 Å². The Kier molecular flexibility index (Phi) is 6.33. The molecule has 1 saturated heterocycles. The molecular formula is C26H26FN3O4. The van der Waals surface area contributed by atoms with Gasteiger partial charge in [0.2, 0.25) is 0 Å². The highest BCUT2D eigenvalue weighted by atomic mass is 19.1. The van der Waals surface area contributed by atoms with Gasteiger partial charge in [0, 0.05) is 42.5 Å². The third kappa shape index (κ3) is 4.83. The van der Waals surface area contributed by atoms with E-state index in [0.717, 1.165) is 38.4 Å². The summed E-state index contributed by atoms with van der Waals surface area (Å²) in [6.45, 7) is 4.99. The highest BCUT2D eigenvalue weighted by Crippen LogP contribution is 2.34. The van der Waals surface area contributed by atoms with Crippen LogP contribution in [0.25, 0.3) is 0 Å². The van der Waals surface area contributed by atoms with Crippen LogP contribution in [0.5, 0.6) is 11.5 Å². The van der Waals surface area contributed by atoms with Crippen molar-refractivity contribution in [2.75, 3.05) is 50.5 Å². The van der Waals surface area contributed by atoms with E-state index in [-0.39, 0.29) is 12.4 Å². The maximum Gasteiger partial charge on any atom is 0.197 e. The second kappa shape index (κ2) is 9.70. The van der Waals surface area contributed by atoms with Gasteiger partial charge in [0.05, 0.1) is 30.2 Å². The lowest BCUT2D eigenvalue weighted by molar-refractivity contribution is 0.0322. The zero-order chi connectivity index (χ0) is 23.5. The summed E-state index contributed by atoms with van der Waals surface area (Å²) in [5, 5.41) is 3.15. The molecule has 0 aromatic heterocycles. The summed E-state index contributed by atoms with van der Waals surface area (Å²) in [5.74, 6) is 0.682. The van der Waals surface area contributed by atoms with Gasteiger partial charge < -0.3 is 25.3 Å². The number of benzene rings is 3. The van der Waals surface area contributed by atoms with Gasteiger partial charge in [0.25, 0.3) is 0 Å². The van der Waals surface area contributed by atoms with Crippen LogP contribution in [0.1, 0.15) is 21.5 Å². The van der Waals surface area contributed by atoms with E-state index >= 15 is 0 Å². The second-order valence-electron chi connectivity index (χ2n) is 8.31. The molecule has 176 valence electrons. The summed E-state index contributed by atoms with van der Waals surface area (Å²) >= 11 is 0. The number of carbonyl (C=O) groups is 1. The van der Waals surface area contributed by atoms with Crippen LogP contribution < -0.4 is 20.5 Å². The lowest BCUT2D eigenvalue weighted by Crippen LogP contribution is -2.38. The lowest BCUT2D eigenvalue weighted by Gasteiger charge is -2.26. The van der Waals surface area contributed by atoms with Gasteiger partial charge in [-0.15, -0.1) is 0 Å². The van der Waals surface area contributed by atoms with Crippen molar-refractivity contribution in [1.82, 2.24) is 4.90 Å². The number of morpholine rings is 1. The Morgan fingerprint density at radius 3 is 2.68 bits per heavy atom. The number of ether oxygens (including phenoxy) is 3. The largest absolute Gasteiger partial charge is 0.492 e. The molecule has 5 rings (SSSR count). The third-order valence-electron chi connectivity index (χ3n) is 6.00. The normalized spacial score (nSPS) is 15.6. The third-order valence-corrected chi connectivity index (χ3v) is 6.00. The first-order valence-electron chi connectivity index (χ1n) is 11.3. The minimum absolute atomic E-state index is 0.102. The minimum Gasteiger partial charge on any atom is -0.492 e. The maximum atomic E-state index is 13.3. The van der Waals surface area contributed by atoms with Crippen LogP contribution in [0.3, 0.4) is 0 Å². The van der Waals surface area contributed by atoms with Crippen molar-refractivity contribution in [2.45, 2.75) is 6.61 Å². The fourth-order valence-electron chi connectivity index (χ4n) is 4.13. The highest BCUT2D eigenvalue weighted by Gasteiger charge is 2.23. The molecule has 7 nitrogen and oxygen atoms in total. The topological polar surface area (TPSA) is 86.1 Å². The number of nitrogens with two attached hydrogens (primary N) is 1. The Hall–Kier alpha value is -3.62. The van der Waals surface area contributed by atoms with Crippen molar-refractivity contribution < 1.29 is 23.4 Å². The average Bonchev–Trinajstić information content (AvgIpc) is 2.98. The number of hydrogen-bond donors (Lipinski definition) is 2. The van der Waals surface area contributed by atoms with E-state index < -0.39 is 5.82 Å². The molecular weight excluding hydrogens is 437 g/mol. The van der Waals surface area contributed by atoms with E-state index in [1.165, 1.54) is 12.1 Å². The molecule has 0 amide bonds. The number of halogens is 1. The van der Waals surface area contributed by atoms with Crippen LogP contribution in [0.4, 0.5) is 21.5 Å². The quantitative estimate of drug-likeness (QED) is 0.535. The van der Waals surface area contributed by atoms with Gasteiger partial charge in [-0.2, -0.15) is 0 Å². The Bertz CT molecular complexity index is 1210. The standard InChI is InChI=1S/C26H26FN3O4/c27-18-1-6-24(23(28)14-18)29-19-2-4-22-25(15-19)34-16-17-13-20(3-5-21(17)26(22)31)33-12-9-30-7-10-32-11-8-30/h1-6,13-15,29H,7-12,16,28H2. The van der Waals surface area contributed by atoms with Crippen molar-refractivity contribution in [1.29, 1.82) is 0 Å². The molecule has 2 aliphatic rings. The molecule has 2 aliphatic heterocycles. The molecule has 2 heterocycles. The van der Waals surface area contributed by atoms with Crippen molar-refractivity contribution in [3.8, 4) is 11.5 Å². The first-order valence-corrected chi connectivity index (χ1v) is 11.3. The van der Waals surface area contributed by atoms with Crippen LogP contribution in [-0.4, -0.2) is 50.1 Å². The van der Waals surface area contributed by atoms with Gasteiger partial charge in [0.15, 0.2) is 5.78 Å². The summed E-state index contributed by atoms with van der Waals surface area (Å²) in [6, 6.07) is 14.9. The van der Waals surface area contributed by atoms with Crippen LogP contribution in [-0.2, 0) is 11.3 Å². The van der Waals surface area contributed by atoms with Crippen LogP contribution in [0, 0.1) is 5.82 Å². The van der Waals surface area contributed by atoms with E-state index in [4.69, 9.17) is 19.9 Å². The Balaban J connectivity index is 1.28. The van der Waals surface area contributed by atoms with E-state index in [9.17, 15) is 9.18 Å². The number of fused-ring (bicyclic) bond motifs is 2. The molecule has 0 unspecified atom stereocenters. The molecule has 8 heteroatoms. The number of nitrogens with one attached hydrogen (secondary N) is 1. The summed E-state index contributed by atoms with van der Waals surface area (Å²) in [4.78, 5) is 15.5. The highest BCUT2D eigenvalue weighted by molar-refractivity contribution is 6.12. The summed E-state index contributed by atoms with van der Waals surface area (Å²) in [6.07, 6.45) is 0. The lowest BCUT2D eigenvalue weighted by atomic mass is 9.98. The van der Waals surface area contributed by atoms with Crippen molar-refractivity contribution in [3.63, 3.8) is 0 Å². The van der Waals surface area contributed by atoms with E-state index in [1.807, 2.05) is 12.1 Å². The number of rotatable bonds is 6. The second-order valence-corrected chi connectivity index (χ2v) is 8.31. The van der Waals surface area contributed by atoms with Crippen LogP contribution in [0.2, 0.25) is 0 Å². The zero-order valence-electron chi connectivity index (χ0n) is 18.7. The monoisotopic (exact) mass is 463 g/mol. The van der Waals surface area contributed by atoms with Gasteiger partial charge in [-0.3, -0.25) is 9.69 Å². The van der Waals surface area contributed by atoms with Gasteiger partial charge in [-0.05, 0) is 48.5 Å². The molecule has 0 bridgehead atoms. The molecule has 0 aliphatic carbocycles. The SMILES string of the molecule is Nc1cc(F)ccc1Nc1ccc2c(c1)OCc1cc(OCCN3CCOCC3)ccc1C2=O. The number of nitrogens with zero attached hydrogens (tertiary/aromatic N) is 1. The molecule has 3 N–H and O–H groups in total. The van der Waals surface area contributed by atoms with Gasteiger partial charge in [-0.25, -0.2) is 4.39 Å². The molecule has 34 heavy (non-hydrogen) atoms. The number of ketones is 1. The first kappa shape index (κ1) is 22.2. The predicted octanol–water partition coefficient (Wildman–Crippen LogP) is 3.99. The molecule has 0 spiro atoms. The first-order chi connectivity index (χ1) is 16.6. The minimum atomic E-state index is -0.402. The number of anilines is 3. The van der Waals surface area contributed by atoms with Crippen molar-refractivity contribution >= 4 is 22.8 Å². The number of nitrogen functional groups attached to an aromatic ring is 1. The van der Waals surface area contributed by atoms with Gasteiger partial charge >= 0.3 is 0 Å². The molecule has 0 radical (unpaired) electrons. The molecule has 0 atom stereocenters. The summed E-state index contributed by atoms with van der Waals surface area (Å²) < 4.78 is 30.6. The fourth-order valence-corrected chi connectivity index (χ4v) is 4.13. The predicted molar refractivity (Wildman–Crippen MR) is 127 cm³/mol. The molecule has 0 saturated carbocycles. The molecule has 3 aromatic rings. The average molecular weight is 464 g/mol. The molecule has 1 fully saturated rings. The van der Waals surface area contributed by atoms with Gasteiger partial charge in [-0.1, -0.05) is 0 Å². The number of carbonyl (C=O) groups excluding carboxylic acids is 1. The van der Waals surface area contributed by atoms with E-state index in [2.05, 4.69) is 10.2 Å². The van der Waals surface area contributed by atoms with Crippen LogP contribution in [0.15, 0.2) is 54.6 Å². The molecule has 3 aromatic carbocycles. The Morgan fingerprint density at radius 2 is 1.85 bits per heavy atom. The van der Waals surface area contributed by atoms with E-state index in [0.29, 0.717) is 46.3 Å². The fraction of sp³-hybridized carbons (Fsp3) is 0.269. The zero-order valence-corrected chi connectivity index (χ0v) is 18.7. The van der Waals surface area contributed by atoms with Crippen LogP contribution >= 0.6 is 0 Å². The van der Waals surface area contributed by atoms with Crippen molar-refractivity contribution in [2.24, 2.45) is 0 Å². The number of hydrogen-bond acceptors (Lipinski definition) is 7. The van der Waals surface area contributed by atoms with E-state index in [1.54, 1.807) is 30.3 Å². The van der Waals surface area contributed by atoms with Gasteiger partial charge in [0.1, 0.15) is 30.5 Å². The summed E-state index contributed by atoms with van der Waals surface area (Å²) in [7, 11) is 0. The van der Waals surface area contributed by atoms with Crippen molar-refractivity contribution in [3.05, 3.63) is 77.1 Å². The smallest absolute Gasteiger partial charge is 0.197 e. The maximum absolute atomic E-state index is 13.3.